The maximum absolute atomic E-state index is 6.46. The van der Waals surface area contributed by atoms with Crippen molar-refractivity contribution in [3.63, 3.8) is 0 Å². The van der Waals surface area contributed by atoms with Crippen LogP contribution < -0.4 is 5.32 Å². The topological polar surface area (TPSA) is 50.7 Å². The summed E-state index contributed by atoms with van der Waals surface area (Å²) >= 11 is 12.3. The molecule has 22 heavy (non-hydrogen) atoms. The number of hydrogen-bond donors (Lipinski definition) is 1. The zero-order valence-electron chi connectivity index (χ0n) is 12.0. The van der Waals surface area contributed by atoms with Gasteiger partial charge in [-0.25, -0.2) is 9.97 Å². The smallest absolute Gasteiger partial charge is 0.134 e. The molecule has 2 heterocycles. The van der Waals surface area contributed by atoms with Gasteiger partial charge in [0.25, 0.3) is 0 Å². The van der Waals surface area contributed by atoms with Gasteiger partial charge in [0.15, 0.2) is 0 Å². The molecule has 0 spiro atoms. The van der Waals surface area contributed by atoms with E-state index in [1.165, 1.54) is 6.33 Å². The molecule has 0 unspecified atom stereocenters. The summed E-state index contributed by atoms with van der Waals surface area (Å²) < 4.78 is 0. The number of rotatable bonds is 4. The first-order chi connectivity index (χ1) is 10.6. The molecule has 6 heteroatoms. The van der Waals surface area contributed by atoms with Crippen molar-refractivity contribution in [2.45, 2.75) is 13.3 Å². The Morgan fingerprint density at radius 3 is 2.82 bits per heavy atom. The standard InChI is InChI=1S/C16H14Cl2N4/c1-10-15(18)11(7-12-3-2-5-20-16(10)12)4-6-19-14-8-13(17)21-9-22-14/h2-3,5,7-9H,4,6H2,1H3,(H,19,21,22). The van der Waals surface area contributed by atoms with Gasteiger partial charge in [0.2, 0.25) is 0 Å². The first-order valence-corrected chi connectivity index (χ1v) is 7.65. The zero-order chi connectivity index (χ0) is 15.5. The van der Waals surface area contributed by atoms with Crippen molar-refractivity contribution in [2.75, 3.05) is 11.9 Å². The molecule has 4 nitrogen and oxygen atoms in total. The number of nitrogens with zero attached hydrogens (tertiary/aromatic N) is 3. The molecule has 112 valence electrons. The molecule has 3 rings (SSSR count). The molecule has 0 aliphatic rings. The summed E-state index contributed by atoms with van der Waals surface area (Å²) in [6, 6.07) is 7.76. The average molecular weight is 333 g/mol. The van der Waals surface area contributed by atoms with Crippen LogP contribution in [0.3, 0.4) is 0 Å². The number of pyridine rings is 1. The molecule has 0 fully saturated rings. The van der Waals surface area contributed by atoms with E-state index in [4.69, 9.17) is 23.2 Å². The van der Waals surface area contributed by atoms with E-state index in [1.54, 1.807) is 12.3 Å². The lowest BCUT2D eigenvalue weighted by molar-refractivity contribution is 0.999. The lowest BCUT2D eigenvalue weighted by Crippen LogP contribution is -2.07. The lowest BCUT2D eigenvalue weighted by atomic mass is 10.0. The van der Waals surface area contributed by atoms with E-state index in [0.717, 1.165) is 33.5 Å². The van der Waals surface area contributed by atoms with E-state index in [-0.39, 0.29) is 0 Å². The van der Waals surface area contributed by atoms with Gasteiger partial charge < -0.3 is 5.32 Å². The maximum Gasteiger partial charge on any atom is 0.134 e. The molecule has 0 radical (unpaired) electrons. The third-order valence-corrected chi connectivity index (χ3v) is 4.20. The number of halogens is 2. The minimum absolute atomic E-state index is 0.420. The number of aromatic nitrogens is 3. The van der Waals surface area contributed by atoms with Gasteiger partial charge >= 0.3 is 0 Å². The van der Waals surface area contributed by atoms with Crippen LogP contribution in [-0.2, 0) is 6.42 Å². The van der Waals surface area contributed by atoms with Crippen LogP contribution in [0, 0.1) is 6.92 Å². The SMILES string of the molecule is Cc1c(Cl)c(CCNc2cc(Cl)ncn2)cc2cccnc12. The van der Waals surface area contributed by atoms with E-state index >= 15 is 0 Å². The zero-order valence-corrected chi connectivity index (χ0v) is 13.5. The molecule has 0 bridgehead atoms. The monoisotopic (exact) mass is 332 g/mol. The third-order valence-electron chi connectivity index (χ3n) is 3.47. The Hall–Kier alpha value is -1.91. The van der Waals surface area contributed by atoms with Gasteiger partial charge in [-0.2, -0.15) is 0 Å². The molecule has 2 aromatic heterocycles. The molecule has 0 saturated heterocycles. The van der Waals surface area contributed by atoms with Crippen molar-refractivity contribution in [2.24, 2.45) is 0 Å². The number of anilines is 1. The van der Waals surface area contributed by atoms with Crippen molar-refractivity contribution in [1.82, 2.24) is 15.0 Å². The number of nitrogens with one attached hydrogen (secondary N) is 1. The van der Waals surface area contributed by atoms with Crippen LogP contribution in [0.2, 0.25) is 10.2 Å². The van der Waals surface area contributed by atoms with E-state index in [2.05, 4.69) is 26.3 Å². The number of fused-ring (bicyclic) bond motifs is 1. The van der Waals surface area contributed by atoms with E-state index in [0.29, 0.717) is 17.5 Å². The van der Waals surface area contributed by atoms with Gasteiger partial charge in [-0.3, -0.25) is 4.98 Å². The molecule has 3 aromatic rings. The number of hydrogen-bond acceptors (Lipinski definition) is 4. The molecular formula is C16H14Cl2N4. The Bertz CT molecular complexity index is 820. The average Bonchev–Trinajstić information content (AvgIpc) is 2.52. The highest BCUT2D eigenvalue weighted by molar-refractivity contribution is 6.33. The summed E-state index contributed by atoms with van der Waals surface area (Å²) in [6.45, 7) is 2.71. The van der Waals surface area contributed by atoms with Gasteiger partial charge in [0.1, 0.15) is 17.3 Å². The van der Waals surface area contributed by atoms with Gasteiger partial charge in [0, 0.05) is 29.2 Å². The van der Waals surface area contributed by atoms with Gasteiger partial charge in [-0.1, -0.05) is 29.3 Å². The molecule has 1 aromatic carbocycles. The van der Waals surface area contributed by atoms with Crippen LogP contribution in [0.15, 0.2) is 36.8 Å². The summed E-state index contributed by atoms with van der Waals surface area (Å²) in [4.78, 5) is 12.4. The van der Waals surface area contributed by atoms with E-state index in [1.807, 2.05) is 19.1 Å². The first-order valence-electron chi connectivity index (χ1n) is 6.89. The van der Waals surface area contributed by atoms with Crippen molar-refractivity contribution in [3.8, 4) is 0 Å². The first kappa shape index (κ1) is 15.0. The maximum atomic E-state index is 6.46. The lowest BCUT2D eigenvalue weighted by Gasteiger charge is -2.11. The number of benzene rings is 1. The Kier molecular flexibility index (Phi) is 4.41. The van der Waals surface area contributed by atoms with Crippen LogP contribution >= 0.6 is 23.2 Å². The fraction of sp³-hybridized carbons (Fsp3) is 0.188. The fourth-order valence-corrected chi connectivity index (χ4v) is 2.77. The van der Waals surface area contributed by atoms with Crippen molar-refractivity contribution >= 4 is 39.9 Å². The highest BCUT2D eigenvalue weighted by Crippen LogP contribution is 2.28. The second-order valence-electron chi connectivity index (χ2n) is 4.95. The molecular weight excluding hydrogens is 319 g/mol. The van der Waals surface area contributed by atoms with Crippen molar-refractivity contribution in [1.29, 1.82) is 0 Å². The van der Waals surface area contributed by atoms with Gasteiger partial charge in [-0.15, -0.1) is 0 Å². The van der Waals surface area contributed by atoms with E-state index in [9.17, 15) is 0 Å². The Morgan fingerprint density at radius 1 is 1.14 bits per heavy atom. The summed E-state index contributed by atoms with van der Waals surface area (Å²) in [6.07, 6.45) is 4.00. The van der Waals surface area contributed by atoms with E-state index < -0.39 is 0 Å². The molecule has 0 saturated carbocycles. The Morgan fingerprint density at radius 2 is 2.00 bits per heavy atom. The minimum Gasteiger partial charge on any atom is -0.370 e. The normalized spacial score (nSPS) is 10.9. The predicted octanol–water partition coefficient (Wildman–Crippen LogP) is 4.29. The van der Waals surface area contributed by atoms with Crippen LogP contribution in [0.5, 0.6) is 0 Å². The Labute approximate surface area is 138 Å². The van der Waals surface area contributed by atoms with Crippen molar-refractivity contribution < 1.29 is 0 Å². The molecule has 0 amide bonds. The number of aryl methyl sites for hydroxylation is 1. The highest BCUT2D eigenvalue weighted by Gasteiger charge is 2.09. The summed E-state index contributed by atoms with van der Waals surface area (Å²) in [5, 5.41) is 5.51. The molecule has 0 aliphatic carbocycles. The van der Waals surface area contributed by atoms with Crippen LogP contribution in [0.25, 0.3) is 10.9 Å². The highest BCUT2D eigenvalue weighted by atomic mass is 35.5. The third kappa shape index (κ3) is 3.13. The summed E-state index contributed by atoms with van der Waals surface area (Å²) in [5.41, 5.74) is 3.05. The molecule has 1 N–H and O–H groups in total. The van der Waals surface area contributed by atoms with Crippen molar-refractivity contribution in [3.05, 3.63) is 58.1 Å². The Balaban J connectivity index is 1.78. The van der Waals surface area contributed by atoms with Crippen LogP contribution in [0.4, 0.5) is 5.82 Å². The van der Waals surface area contributed by atoms with Crippen LogP contribution in [-0.4, -0.2) is 21.5 Å². The van der Waals surface area contributed by atoms with Gasteiger partial charge in [0.05, 0.1) is 5.52 Å². The van der Waals surface area contributed by atoms with Gasteiger partial charge in [-0.05, 0) is 36.6 Å². The second kappa shape index (κ2) is 6.46. The fourth-order valence-electron chi connectivity index (χ4n) is 2.38. The molecule has 0 aliphatic heterocycles. The molecule has 0 atom stereocenters. The van der Waals surface area contributed by atoms with Crippen LogP contribution in [0.1, 0.15) is 11.1 Å². The largest absolute Gasteiger partial charge is 0.370 e. The second-order valence-corrected chi connectivity index (χ2v) is 5.72. The predicted molar refractivity (Wildman–Crippen MR) is 90.7 cm³/mol. The summed E-state index contributed by atoms with van der Waals surface area (Å²) in [5.74, 6) is 0.704. The summed E-state index contributed by atoms with van der Waals surface area (Å²) in [7, 11) is 0. The minimum atomic E-state index is 0.420. The quantitative estimate of drug-likeness (QED) is 0.724.